The van der Waals surface area contributed by atoms with Crippen LogP contribution in [0.15, 0.2) is 40.8 Å². The summed E-state index contributed by atoms with van der Waals surface area (Å²) in [6, 6.07) is 3.05. The summed E-state index contributed by atoms with van der Waals surface area (Å²) < 4.78 is 0. The highest BCUT2D eigenvalue weighted by atomic mass is 32.2. The lowest BCUT2D eigenvalue weighted by Gasteiger charge is -2.02. The zero-order valence-corrected chi connectivity index (χ0v) is 9.81. The van der Waals surface area contributed by atoms with Crippen molar-refractivity contribution >= 4 is 17.7 Å². The van der Waals surface area contributed by atoms with E-state index in [4.69, 9.17) is 5.11 Å². The number of rotatable bonds is 3. The van der Waals surface area contributed by atoms with Crippen molar-refractivity contribution in [2.24, 2.45) is 0 Å². The molecule has 17 heavy (non-hydrogen) atoms. The number of carboxylic acid groups (broad SMARTS) is 1. The maximum absolute atomic E-state index is 10.9. The number of carbonyl (C=O) groups is 1. The lowest BCUT2D eigenvalue weighted by molar-refractivity contribution is 0.0696. The third-order valence-corrected chi connectivity index (χ3v) is 2.76. The van der Waals surface area contributed by atoms with Gasteiger partial charge in [-0.1, -0.05) is 0 Å². The molecule has 0 aliphatic heterocycles. The van der Waals surface area contributed by atoms with Gasteiger partial charge in [-0.15, -0.1) is 0 Å². The quantitative estimate of drug-likeness (QED) is 0.894. The van der Waals surface area contributed by atoms with E-state index in [0.29, 0.717) is 15.7 Å². The van der Waals surface area contributed by atoms with E-state index in [2.05, 4.69) is 15.0 Å². The Morgan fingerprint density at radius 2 is 2.12 bits per heavy atom. The minimum atomic E-state index is -0.962. The molecule has 86 valence electrons. The van der Waals surface area contributed by atoms with Crippen LogP contribution in [-0.4, -0.2) is 26.0 Å². The van der Waals surface area contributed by atoms with Gasteiger partial charge in [-0.25, -0.2) is 14.8 Å². The minimum absolute atomic E-state index is 0.226. The molecule has 0 saturated heterocycles. The third kappa shape index (κ3) is 3.01. The van der Waals surface area contributed by atoms with Crippen LogP contribution in [0.25, 0.3) is 0 Å². The summed E-state index contributed by atoms with van der Waals surface area (Å²) in [5, 5.41) is 10.2. The Balaban J connectivity index is 2.30. The molecular weight excluding hydrogens is 238 g/mol. The highest BCUT2D eigenvalue weighted by Crippen LogP contribution is 2.24. The minimum Gasteiger partial charge on any atom is -0.478 e. The summed E-state index contributed by atoms with van der Waals surface area (Å²) in [7, 11) is 0. The Kier molecular flexibility index (Phi) is 3.34. The van der Waals surface area contributed by atoms with Crippen LogP contribution in [0.1, 0.15) is 16.1 Å². The second-order valence-electron chi connectivity index (χ2n) is 3.29. The Bertz CT molecular complexity index is 546. The third-order valence-electron chi connectivity index (χ3n) is 1.93. The summed E-state index contributed by atoms with van der Waals surface area (Å²) in [5.41, 5.74) is 0.889. The molecule has 0 bridgehead atoms. The fourth-order valence-corrected chi connectivity index (χ4v) is 2.08. The van der Waals surface area contributed by atoms with Crippen molar-refractivity contribution in [3.05, 3.63) is 42.0 Å². The van der Waals surface area contributed by atoms with E-state index in [1.54, 1.807) is 25.5 Å². The average Bonchev–Trinajstić information content (AvgIpc) is 2.29. The molecule has 0 aliphatic carbocycles. The summed E-state index contributed by atoms with van der Waals surface area (Å²) in [6.45, 7) is 1.76. The molecule has 0 spiro atoms. The van der Waals surface area contributed by atoms with E-state index < -0.39 is 5.97 Å². The van der Waals surface area contributed by atoms with E-state index in [9.17, 15) is 4.79 Å². The molecule has 0 unspecified atom stereocenters. The van der Waals surface area contributed by atoms with E-state index >= 15 is 0 Å². The Morgan fingerprint density at radius 1 is 1.29 bits per heavy atom. The summed E-state index contributed by atoms with van der Waals surface area (Å²) in [4.78, 5) is 23.2. The number of aromatic carboxylic acids is 1. The van der Waals surface area contributed by atoms with Crippen molar-refractivity contribution in [1.29, 1.82) is 0 Å². The van der Waals surface area contributed by atoms with Crippen molar-refractivity contribution in [2.45, 2.75) is 17.0 Å². The van der Waals surface area contributed by atoms with Crippen molar-refractivity contribution in [3.63, 3.8) is 0 Å². The SMILES string of the molecule is Cc1cc(C(=O)O)cc(Sc2cnccn2)n1. The van der Waals surface area contributed by atoms with Gasteiger partial charge < -0.3 is 5.11 Å². The average molecular weight is 247 g/mol. The normalized spacial score (nSPS) is 10.2. The Hall–Kier alpha value is -1.95. The van der Waals surface area contributed by atoms with Gasteiger partial charge in [0, 0.05) is 18.1 Å². The summed E-state index contributed by atoms with van der Waals surface area (Å²) in [5.74, 6) is -0.962. The zero-order chi connectivity index (χ0) is 12.3. The van der Waals surface area contributed by atoms with Crippen molar-refractivity contribution in [1.82, 2.24) is 15.0 Å². The first kappa shape index (κ1) is 11.5. The van der Waals surface area contributed by atoms with Gasteiger partial charge in [-0.2, -0.15) is 0 Å². The summed E-state index contributed by atoms with van der Waals surface area (Å²) >= 11 is 1.29. The van der Waals surface area contributed by atoms with Crippen LogP contribution in [0, 0.1) is 6.92 Å². The van der Waals surface area contributed by atoms with Crippen molar-refractivity contribution in [2.75, 3.05) is 0 Å². The van der Waals surface area contributed by atoms with E-state index in [1.165, 1.54) is 23.9 Å². The molecule has 0 atom stereocenters. The maximum atomic E-state index is 10.9. The van der Waals surface area contributed by atoms with E-state index in [1.807, 2.05) is 0 Å². The number of aryl methyl sites for hydroxylation is 1. The van der Waals surface area contributed by atoms with Gasteiger partial charge in [0.25, 0.3) is 0 Å². The molecule has 5 nitrogen and oxygen atoms in total. The number of pyridine rings is 1. The molecule has 6 heteroatoms. The molecule has 2 aromatic rings. The molecule has 1 N–H and O–H groups in total. The van der Waals surface area contributed by atoms with E-state index in [-0.39, 0.29) is 5.56 Å². The highest BCUT2D eigenvalue weighted by Gasteiger charge is 2.08. The molecule has 0 saturated carbocycles. The second-order valence-corrected chi connectivity index (χ2v) is 4.33. The van der Waals surface area contributed by atoms with E-state index in [0.717, 1.165) is 0 Å². The lowest BCUT2D eigenvalue weighted by atomic mass is 10.2. The van der Waals surface area contributed by atoms with Crippen LogP contribution in [-0.2, 0) is 0 Å². The topological polar surface area (TPSA) is 76.0 Å². The van der Waals surface area contributed by atoms with Gasteiger partial charge in [-0.3, -0.25) is 4.98 Å². The molecule has 2 heterocycles. The number of hydrogen-bond donors (Lipinski definition) is 1. The molecule has 2 rings (SSSR count). The van der Waals surface area contributed by atoms with Crippen LogP contribution < -0.4 is 0 Å². The predicted molar refractivity (Wildman–Crippen MR) is 62.1 cm³/mol. The fourth-order valence-electron chi connectivity index (χ4n) is 1.26. The highest BCUT2D eigenvalue weighted by molar-refractivity contribution is 7.99. The first-order valence-corrected chi connectivity index (χ1v) is 5.62. The second kappa shape index (κ2) is 4.92. The van der Waals surface area contributed by atoms with Gasteiger partial charge in [0.15, 0.2) is 0 Å². The number of hydrogen-bond acceptors (Lipinski definition) is 5. The zero-order valence-electron chi connectivity index (χ0n) is 8.99. The van der Waals surface area contributed by atoms with Gasteiger partial charge in [0.05, 0.1) is 11.8 Å². The molecule has 0 fully saturated rings. The van der Waals surface area contributed by atoms with Crippen LogP contribution >= 0.6 is 11.8 Å². The number of carboxylic acids is 1. The molecule has 2 aromatic heterocycles. The number of aromatic nitrogens is 3. The van der Waals surface area contributed by atoms with Gasteiger partial charge in [0.1, 0.15) is 10.1 Å². The fraction of sp³-hybridized carbons (Fsp3) is 0.0909. The van der Waals surface area contributed by atoms with Gasteiger partial charge in [0.2, 0.25) is 0 Å². The van der Waals surface area contributed by atoms with Crippen molar-refractivity contribution in [3.8, 4) is 0 Å². The molecular formula is C11H9N3O2S. The van der Waals surface area contributed by atoms with Crippen LogP contribution in [0.4, 0.5) is 0 Å². The van der Waals surface area contributed by atoms with Crippen molar-refractivity contribution < 1.29 is 9.90 Å². The van der Waals surface area contributed by atoms with Gasteiger partial charge in [-0.05, 0) is 30.8 Å². The van der Waals surface area contributed by atoms with Crippen LogP contribution in [0.2, 0.25) is 0 Å². The Labute approximate surface area is 102 Å². The first-order chi connectivity index (χ1) is 8.15. The Morgan fingerprint density at radius 3 is 2.76 bits per heavy atom. The molecule has 0 amide bonds. The predicted octanol–water partition coefficient (Wildman–Crippen LogP) is 2.03. The van der Waals surface area contributed by atoms with Crippen LogP contribution in [0.3, 0.4) is 0 Å². The molecule has 0 aliphatic rings. The van der Waals surface area contributed by atoms with Gasteiger partial charge >= 0.3 is 5.97 Å². The summed E-state index contributed by atoms with van der Waals surface area (Å²) in [6.07, 6.45) is 4.77. The largest absolute Gasteiger partial charge is 0.478 e. The molecule has 0 aromatic carbocycles. The molecule has 0 radical (unpaired) electrons. The first-order valence-electron chi connectivity index (χ1n) is 4.81. The smallest absolute Gasteiger partial charge is 0.335 e. The number of nitrogens with zero attached hydrogens (tertiary/aromatic N) is 3. The van der Waals surface area contributed by atoms with Crippen LogP contribution in [0.5, 0.6) is 0 Å². The lowest BCUT2D eigenvalue weighted by Crippen LogP contribution is -1.99. The maximum Gasteiger partial charge on any atom is 0.335 e. The standard InChI is InChI=1S/C11H9N3O2S/c1-7-4-8(11(15)16)5-9(14-7)17-10-6-12-2-3-13-10/h2-6H,1H3,(H,15,16). The monoisotopic (exact) mass is 247 g/mol.